The summed E-state index contributed by atoms with van der Waals surface area (Å²) in [6, 6.07) is 7.76. The van der Waals surface area contributed by atoms with Crippen LogP contribution in [0.4, 0.5) is 0 Å². The van der Waals surface area contributed by atoms with Crippen LogP contribution in [0.15, 0.2) is 24.3 Å². The van der Waals surface area contributed by atoms with Crippen molar-refractivity contribution < 1.29 is 28.2 Å². The van der Waals surface area contributed by atoms with Crippen LogP contribution < -0.4 is 4.74 Å². The molecule has 0 radical (unpaired) electrons. The van der Waals surface area contributed by atoms with Gasteiger partial charge in [0, 0.05) is 6.42 Å². The van der Waals surface area contributed by atoms with Gasteiger partial charge in [0.15, 0.2) is 19.9 Å². The fourth-order valence-electron chi connectivity index (χ4n) is 4.06. The SMILES string of the molecule is COc1ccc(CO[C@@H]2[C@H]3OC(C)(C)O[C@H]3CCCC(=O)[C@@H]2O[Si](C)(C)C(C)(C)C)cc1. The molecule has 2 fully saturated rings. The maximum atomic E-state index is 13.3. The number of hydrogen-bond donors (Lipinski definition) is 0. The summed E-state index contributed by atoms with van der Waals surface area (Å²) in [5.74, 6) is 0.177. The Bertz CT molecular complexity index is 783. The Morgan fingerprint density at radius 1 is 1.12 bits per heavy atom. The fraction of sp³-hybridized carbons (Fsp3) is 0.720. The van der Waals surface area contributed by atoms with E-state index in [1.165, 1.54) is 0 Å². The van der Waals surface area contributed by atoms with E-state index in [0.717, 1.165) is 24.2 Å². The summed E-state index contributed by atoms with van der Waals surface area (Å²) in [5, 5.41) is -0.0259. The summed E-state index contributed by atoms with van der Waals surface area (Å²) in [6.07, 6.45) is 0.322. The van der Waals surface area contributed by atoms with Gasteiger partial charge < -0.3 is 23.4 Å². The average molecular weight is 465 g/mol. The van der Waals surface area contributed by atoms with E-state index in [4.69, 9.17) is 23.4 Å². The van der Waals surface area contributed by atoms with Crippen LogP contribution in [-0.4, -0.2) is 51.4 Å². The van der Waals surface area contributed by atoms with Crippen LogP contribution in [0, 0.1) is 0 Å². The highest BCUT2D eigenvalue weighted by molar-refractivity contribution is 6.74. The Balaban J connectivity index is 1.90. The summed E-state index contributed by atoms with van der Waals surface area (Å²) in [5.41, 5.74) is 1.00. The lowest BCUT2D eigenvalue weighted by atomic mass is 9.91. The van der Waals surface area contributed by atoms with E-state index >= 15 is 0 Å². The van der Waals surface area contributed by atoms with Crippen LogP contribution in [0.25, 0.3) is 0 Å². The minimum atomic E-state index is -2.23. The topological polar surface area (TPSA) is 63.2 Å². The maximum Gasteiger partial charge on any atom is 0.193 e. The Labute approximate surface area is 194 Å². The third kappa shape index (κ3) is 5.80. The molecule has 1 saturated heterocycles. The molecule has 2 aliphatic rings. The fourth-order valence-corrected chi connectivity index (χ4v) is 5.32. The van der Waals surface area contributed by atoms with Gasteiger partial charge in [0.25, 0.3) is 0 Å². The highest BCUT2D eigenvalue weighted by atomic mass is 28.4. The largest absolute Gasteiger partial charge is 0.497 e. The molecule has 1 aromatic rings. The number of carbonyl (C=O) groups is 1. The van der Waals surface area contributed by atoms with Crippen molar-refractivity contribution in [2.24, 2.45) is 0 Å². The first kappa shape index (κ1) is 25.4. The van der Waals surface area contributed by atoms with Crippen molar-refractivity contribution in [3.05, 3.63) is 29.8 Å². The molecule has 0 unspecified atom stereocenters. The van der Waals surface area contributed by atoms with E-state index in [2.05, 4.69) is 33.9 Å². The highest BCUT2D eigenvalue weighted by Gasteiger charge is 2.52. The van der Waals surface area contributed by atoms with Crippen molar-refractivity contribution in [2.75, 3.05) is 7.11 Å². The third-order valence-corrected chi connectivity index (χ3v) is 11.4. The maximum absolute atomic E-state index is 13.3. The predicted molar refractivity (Wildman–Crippen MR) is 126 cm³/mol. The summed E-state index contributed by atoms with van der Waals surface area (Å²) >= 11 is 0. The van der Waals surface area contributed by atoms with Crippen molar-refractivity contribution in [1.29, 1.82) is 0 Å². The van der Waals surface area contributed by atoms with Gasteiger partial charge in [-0.25, -0.2) is 0 Å². The van der Waals surface area contributed by atoms with E-state index in [1.54, 1.807) is 7.11 Å². The molecule has 0 amide bonds. The summed E-state index contributed by atoms with van der Waals surface area (Å²) in [6.45, 7) is 15.1. The third-order valence-electron chi connectivity index (χ3n) is 6.90. The van der Waals surface area contributed by atoms with Gasteiger partial charge in [-0.2, -0.15) is 0 Å². The summed E-state index contributed by atoms with van der Waals surface area (Å²) in [7, 11) is -0.582. The molecule has 32 heavy (non-hydrogen) atoms. The van der Waals surface area contributed by atoms with Gasteiger partial charge in [-0.05, 0) is 62.5 Å². The minimum Gasteiger partial charge on any atom is -0.497 e. The molecule has 4 atom stereocenters. The lowest BCUT2D eigenvalue weighted by Gasteiger charge is -2.42. The van der Waals surface area contributed by atoms with E-state index in [-0.39, 0.29) is 23.0 Å². The Kier molecular flexibility index (Phi) is 7.57. The summed E-state index contributed by atoms with van der Waals surface area (Å²) < 4.78 is 31.0. The number of carbonyl (C=O) groups excluding carboxylic acids is 1. The normalized spacial score (nSPS) is 28.7. The number of Topliss-reactive ketones (excluding diaryl/α,β-unsaturated/α-hetero) is 1. The number of fused-ring (bicyclic) bond motifs is 1. The molecule has 1 aliphatic heterocycles. The first-order chi connectivity index (χ1) is 14.8. The molecular formula is C25H40O6Si. The molecular weight excluding hydrogens is 424 g/mol. The number of benzene rings is 1. The number of rotatable bonds is 6. The molecule has 0 spiro atoms. The number of ketones is 1. The van der Waals surface area contributed by atoms with Crippen molar-refractivity contribution in [2.45, 2.75) is 109 Å². The van der Waals surface area contributed by atoms with Crippen LogP contribution in [0.2, 0.25) is 18.1 Å². The molecule has 6 nitrogen and oxygen atoms in total. The zero-order chi connectivity index (χ0) is 23.7. The lowest BCUT2D eigenvalue weighted by molar-refractivity contribution is -0.174. The molecule has 0 N–H and O–H groups in total. The zero-order valence-electron chi connectivity index (χ0n) is 20.9. The van der Waals surface area contributed by atoms with Crippen molar-refractivity contribution in [1.82, 2.24) is 0 Å². The van der Waals surface area contributed by atoms with Crippen molar-refractivity contribution in [3.8, 4) is 5.75 Å². The molecule has 0 aromatic heterocycles. The molecule has 1 aliphatic carbocycles. The second kappa shape index (κ2) is 9.55. The second-order valence-electron chi connectivity index (χ2n) is 10.9. The first-order valence-electron chi connectivity index (χ1n) is 11.6. The van der Waals surface area contributed by atoms with Crippen LogP contribution >= 0.6 is 0 Å². The number of methoxy groups -OCH3 is 1. The molecule has 180 valence electrons. The Morgan fingerprint density at radius 2 is 1.78 bits per heavy atom. The van der Waals surface area contributed by atoms with E-state index < -0.39 is 26.3 Å². The molecule has 1 heterocycles. The molecule has 0 bridgehead atoms. The van der Waals surface area contributed by atoms with Gasteiger partial charge in [-0.3, -0.25) is 4.79 Å². The average Bonchev–Trinajstić information content (AvgIpc) is 2.99. The molecule has 1 saturated carbocycles. The van der Waals surface area contributed by atoms with Crippen LogP contribution in [0.1, 0.15) is 59.4 Å². The smallest absolute Gasteiger partial charge is 0.193 e. The van der Waals surface area contributed by atoms with E-state index in [1.807, 2.05) is 38.1 Å². The number of ether oxygens (including phenoxy) is 4. The predicted octanol–water partition coefficient (Wildman–Crippen LogP) is 5.24. The first-order valence-corrected chi connectivity index (χ1v) is 14.5. The van der Waals surface area contributed by atoms with Gasteiger partial charge in [0.2, 0.25) is 0 Å². The van der Waals surface area contributed by atoms with Crippen molar-refractivity contribution in [3.63, 3.8) is 0 Å². The quantitative estimate of drug-likeness (QED) is 0.536. The highest BCUT2D eigenvalue weighted by Crippen LogP contribution is 2.41. The van der Waals surface area contributed by atoms with Gasteiger partial charge >= 0.3 is 0 Å². The lowest BCUT2D eigenvalue weighted by Crippen LogP contribution is -2.56. The molecule has 3 rings (SSSR count). The monoisotopic (exact) mass is 464 g/mol. The van der Waals surface area contributed by atoms with Gasteiger partial charge in [-0.1, -0.05) is 32.9 Å². The van der Waals surface area contributed by atoms with Gasteiger partial charge in [0.1, 0.15) is 24.1 Å². The standard InChI is InChI=1S/C25H40O6Si/c1-24(2,3)32(7,8)31-21-19(26)10-9-11-20-22(30-25(4,5)29-20)23(21)28-16-17-12-14-18(27-6)15-13-17/h12-15,20-23H,9-11,16H2,1-8H3/t20-,21-,22-,23-/m0/s1. The Hall–Kier alpha value is -1.25. The minimum absolute atomic E-state index is 0.0259. The van der Waals surface area contributed by atoms with Crippen LogP contribution in [-0.2, 0) is 30.0 Å². The van der Waals surface area contributed by atoms with E-state index in [0.29, 0.717) is 13.0 Å². The Morgan fingerprint density at radius 3 is 2.38 bits per heavy atom. The summed E-state index contributed by atoms with van der Waals surface area (Å²) in [4.78, 5) is 13.3. The molecule has 1 aromatic carbocycles. The van der Waals surface area contributed by atoms with Gasteiger partial charge in [-0.15, -0.1) is 0 Å². The van der Waals surface area contributed by atoms with Crippen molar-refractivity contribution >= 4 is 14.1 Å². The number of hydrogen-bond acceptors (Lipinski definition) is 6. The van der Waals surface area contributed by atoms with E-state index in [9.17, 15) is 4.79 Å². The zero-order valence-corrected chi connectivity index (χ0v) is 21.9. The van der Waals surface area contributed by atoms with Gasteiger partial charge in [0.05, 0.1) is 19.8 Å². The van der Waals surface area contributed by atoms with Crippen LogP contribution in [0.5, 0.6) is 5.75 Å². The van der Waals surface area contributed by atoms with Crippen LogP contribution in [0.3, 0.4) is 0 Å². The molecule has 7 heteroatoms. The second-order valence-corrected chi connectivity index (χ2v) is 15.7.